The van der Waals surface area contributed by atoms with E-state index in [1.807, 2.05) is 19.9 Å². The molecule has 2 atom stereocenters. The fourth-order valence-corrected chi connectivity index (χ4v) is 7.52. The van der Waals surface area contributed by atoms with E-state index in [2.05, 4.69) is 4.72 Å². The predicted molar refractivity (Wildman–Crippen MR) is 112 cm³/mol. The lowest BCUT2D eigenvalue weighted by atomic mass is 10.0. The Morgan fingerprint density at radius 1 is 1.00 bits per heavy atom. The number of rotatable bonds is 5. The SMILES string of the molecule is Cc1cc(C)c(C)c(S(=O)(=O)NCC(=O)N2C3CCC2CC(S(C)(=O)=O)C3)c1C. The average Bonchev–Trinajstić information content (AvgIpc) is 2.86. The van der Waals surface area contributed by atoms with E-state index in [9.17, 15) is 21.6 Å². The molecule has 3 rings (SSSR count). The molecule has 7 nitrogen and oxygen atoms in total. The Labute approximate surface area is 173 Å². The summed E-state index contributed by atoms with van der Waals surface area (Å²) in [5, 5.41) is -0.415. The molecule has 2 bridgehead atoms. The molecule has 9 heteroatoms. The number of fused-ring (bicyclic) bond motifs is 2. The summed E-state index contributed by atoms with van der Waals surface area (Å²) in [4.78, 5) is 14.8. The van der Waals surface area contributed by atoms with Gasteiger partial charge in [-0.3, -0.25) is 4.79 Å². The van der Waals surface area contributed by atoms with E-state index in [1.54, 1.807) is 18.7 Å². The number of carbonyl (C=O) groups is 1. The molecule has 0 radical (unpaired) electrons. The maximum absolute atomic E-state index is 13.0. The largest absolute Gasteiger partial charge is 0.336 e. The van der Waals surface area contributed by atoms with Gasteiger partial charge in [0.1, 0.15) is 9.84 Å². The van der Waals surface area contributed by atoms with E-state index < -0.39 is 25.1 Å². The Bertz CT molecular complexity index is 1010. The highest BCUT2D eigenvalue weighted by molar-refractivity contribution is 7.91. The first-order chi connectivity index (χ1) is 13.3. The van der Waals surface area contributed by atoms with Crippen molar-refractivity contribution in [2.45, 2.75) is 75.6 Å². The number of piperidine rings is 1. The Kier molecular flexibility index (Phi) is 5.88. The summed E-state index contributed by atoms with van der Waals surface area (Å²) in [6.07, 6.45) is 3.65. The minimum Gasteiger partial charge on any atom is -0.336 e. The van der Waals surface area contributed by atoms with Crippen molar-refractivity contribution in [1.82, 2.24) is 9.62 Å². The zero-order valence-corrected chi connectivity index (χ0v) is 19.3. The minimum absolute atomic E-state index is 0.129. The molecule has 1 aromatic rings. The number of benzene rings is 1. The summed E-state index contributed by atoms with van der Waals surface area (Å²) < 4.78 is 52.3. The van der Waals surface area contributed by atoms with Crippen LogP contribution in [0.15, 0.2) is 11.0 Å². The van der Waals surface area contributed by atoms with Crippen molar-refractivity contribution in [3.05, 3.63) is 28.3 Å². The number of nitrogens with one attached hydrogen (secondary N) is 1. The van der Waals surface area contributed by atoms with Gasteiger partial charge in [0.15, 0.2) is 0 Å². The maximum atomic E-state index is 13.0. The molecule has 2 unspecified atom stereocenters. The summed E-state index contributed by atoms with van der Waals surface area (Å²) in [6.45, 7) is 6.97. The highest BCUT2D eigenvalue weighted by Crippen LogP contribution is 2.38. The maximum Gasteiger partial charge on any atom is 0.241 e. The van der Waals surface area contributed by atoms with Crippen molar-refractivity contribution in [3.63, 3.8) is 0 Å². The first-order valence-corrected chi connectivity index (χ1v) is 13.3. The normalized spacial score (nSPS) is 24.7. The minimum atomic E-state index is -3.84. The van der Waals surface area contributed by atoms with Crippen LogP contribution in [-0.4, -0.2) is 57.8 Å². The molecule has 0 aliphatic carbocycles. The van der Waals surface area contributed by atoms with Gasteiger partial charge in [0.2, 0.25) is 15.9 Å². The quantitative estimate of drug-likeness (QED) is 0.749. The number of aryl methyl sites for hydroxylation is 2. The summed E-state index contributed by atoms with van der Waals surface area (Å²) in [6, 6.07) is 1.70. The van der Waals surface area contributed by atoms with Crippen molar-refractivity contribution >= 4 is 25.8 Å². The monoisotopic (exact) mass is 442 g/mol. The van der Waals surface area contributed by atoms with E-state index in [0.717, 1.165) is 24.0 Å². The zero-order chi connectivity index (χ0) is 21.7. The van der Waals surface area contributed by atoms with Crippen LogP contribution in [0, 0.1) is 27.7 Å². The van der Waals surface area contributed by atoms with Gasteiger partial charge in [-0.2, -0.15) is 0 Å². The van der Waals surface area contributed by atoms with Crippen molar-refractivity contribution in [1.29, 1.82) is 0 Å². The Balaban J connectivity index is 1.75. The van der Waals surface area contributed by atoms with Gasteiger partial charge < -0.3 is 4.90 Å². The van der Waals surface area contributed by atoms with Gasteiger partial charge >= 0.3 is 0 Å². The molecular formula is C20H30N2O5S2. The standard InChI is InChI=1S/C20H30N2O5S2/c1-12-8-13(2)15(4)20(14(12)3)29(26,27)21-11-19(23)22-16-6-7-17(22)10-18(9-16)28(5,24)25/h8,16-18,21H,6-7,9-11H2,1-5H3. The predicted octanol–water partition coefficient (Wildman–Crippen LogP) is 1.77. The second-order valence-corrected chi connectivity index (χ2v) is 12.6. The van der Waals surface area contributed by atoms with Gasteiger partial charge in [-0.15, -0.1) is 0 Å². The Morgan fingerprint density at radius 2 is 1.48 bits per heavy atom. The van der Waals surface area contributed by atoms with Crippen LogP contribution in [0.1, 0.15) is 47.9 Å². The summed E-state index contributed by atoms with van der Waals surface area (Å²) in [5.74, 6) is -0.285. The highest BCUT2D eigenvalue weighted by atomic mass is 32.2. The van der Waals surface area contributed by atoms with E-state index in [1.165, 1.54) is 6.26 Å². The molecule has 0 saturated carbocycles. The summed E-state index contributed by atoms with van der Waals surface area (Å²) in [5.41, 5.74) is 3.14. The van der Waals surface area contributed by atoms with Crippen LogP contribution >= 0.6 is 0 Å². The second-order valence-electron chi connectivity index (χ2n) is 8.52. The number of nitrogens with zero attached hydrogens (tertiary/aromatic N) is 1. The lowest BCUT2D eigenvalue weighted by Gasteiger charge is -2.38. The first kappa shape index (κ1) is 22.2. The molecule has 0 spiro atoms. The topological polar surface area (TPSA) is 101 Å². The van der Waals surface area contributed by atoms with E-state index in [-0.39, 0.29) is 29.4 Å². The van der Waals surface area contributed by atoms with Crippen LogP contribution in [-0.2, 0) is 24.7 Å². The molecule has 0 aromatic heterocycles. The highest BCUT2D eigenvalue weighted by Gasteiger charge is 2.45. The van der Waals surface area contributed by atoms with Gasteiger partial charge in [0, 0.05) is 18.3 Å². The van der Waals surface area contributed by atoms with Gasteiger partial charge in [-0.05, 0) is 75.6 Å². The average molecular weight is 443 g/mol. The molecule has 29 heavy (non-hydrogen) atoms. The third-order valence-corrected chi connectivity index (χ3v) is 9.83. The molecule has 1 aromatic carbocycles. The van der Waals surface area contributed by atoms with Crippen LogP contribution in [0.4, 0.5) is 0 Å². The van der Waals surface area contributed by atoms with Crippen molar-refractivity contribution < 1.29 is 21.6 Å². The molecule has 2 fully saturated rings. The van der Waals surface area contributed by atoms with Crippen molar-refractivity contribution in [2.24, 2.45) is 0 Å². The van der Waals surface area contributed by atoms with Gasteiger partial charge in [0.25, 0.3) is 0 Å². The second kappa shape index (κ2) is 7.67. The fraction of sp³-hybridized carbons (Fsp3) is 0.650. The van der Waals surface area contributed by atoms with Crippen LogP contribution in [0.2, 0.25) is 0 Å². The molecular weight excluding hydrogens is 412 g/mol. The third kappa shape index (κ3) is 4.22. The molecule has 1 amide bonds. The molecule has 1 N–H and O–H groups in total. The number of sulfonamides is 1. The third-order valence-electron chi connectivity index (χ3n) is 6.56. The molecule has 162 valence electrons. The molecule has 2 heterocycles. The molecule has 2 aliphatic rings. The zero-order valence-electron chi connectivity index (χ0n) is 17.6. The Morgan fingerprint density at radius 3 is 1.93 bits per heavy atom. The number of hydrogen-bond acceptors (Lipinski definition) is 5. The number of carbonyl (C=O) groups excluding carboxylic acids is 1. The van der Waals surface area contributed by atoms with Gasteiger partial charge in [-0.25, -0.2) is 21.6 Å². The van der Waals surface area contributed by atoms with Gasteiger partial charge in [-0.1, -0.05) is 6.07 Å². The summed E-state index contributed by atoms with van der Waals surface area (Å²) in [7, 11) is -6.98. The fourth-order valence-electron chi connectivity index (χ4n) is 4.79. The van der Waals surface area contributed by atoms with Crippen LogP contribution in [0.3, 0.4) is 0 Å². The van der Waals surface area contributed by atoms with E-state index >= 15 is 0 Å². The molecule has 2 aliphatic heterocycles. The Hall–Kier alpha value is -1.45. The number of amides is 1. The van der Waals surface area contributed by atoms with Crippen molar-refractivity contribution in [3.8, 4) is 0 Å². The van der Waals surface area contributed by atoms with Gasteiger partial charge in [0.05, 0.1) is 16.7 Å². The lowest BCUT2D eigenvalue weighted by Crippen LogP contribution is -2.52. The smallest absolute Gasteiger partial charge is 0.241 e. The van der Waals surface area contributed by atoms with Crippen LogP contribution in [0.25, 0.3) is 0 Å². The number of hydrogen-bond donors (Lipinski definition) is 1. The lowest BCUT2D eigenvalue weighted by molar-refractivity contribution is -0.134. The molecule has 2 saturated heterocycles. The summed E-state index contributed by atoms with van der Waals surface area (Å²) >= 11 is 0. The van der Waals surface area contributed by atoms with E-state index in [4.69, 9.17) is 0 Å². The number of sulfone groups is 1. The van der Waals surface area contributed by atoms with Crippen LogP contribution < -0.4 is 4.72 Å². The van der Waals surface area contributed by atoms with Crippen molar-refractivity contribution in [2.75, 3.05) is 12.8 Å². The first-order valence-electron chi connectivity index (χ1n) is 9.90. The van der Waals surface area contributed by atoms with E-state index in [0.29, 0.717) is 24.0 Å². The van der Waals surface area contributed by atoms with Crippen LogP contribution in [0.5, 0.6) is 0 Å².